The van der Waals surface area contributed by atoms with Crippen molar-refractivity contribution >= 4 is 25.8 Å². The van der Waals surface area contributed by atoms with E-state index >= 15 is 0 Å². The Hall–Kier alpha value is -0.800. The summed E-state index contributed by atoms with van der Waals surface area (Å²) in [5.41, 5.74) is 3.04. The molecule has 0 saturated carbocycles. The average Bonchev–Trinajstić information content (AvgIpc) is 2.00. The van der Waals surface area contributed by atoms with Crippen LogP contribution in [0.2, 0.25) is 0 Å². The van der Waals surface area contributed by atoms with Crippen molar-refractivity contribution in [3.05, 3.63) is 40.3 Å². The molecule has 0 aliphatic rings. The summed E-state index contributed by atoms with van der Waals surface area (Å²) in [5, 5.41) is 0.992. The third-order valence-electron chi connectivity index (χ3n) is 1.84. The molecule has 2 nitrogen and oxygen atoms in total. The Morgan fingerprint density at radius 3 is 2.43 bits per heavy atom. The third-order valence-corrected chi connectivity index (χ3v) is 2.61. The summed E-state index contributed by atoms with van der Waals surface area (Å²) in [7, 11) is 1.49. The molecule has 1 aromatic rings. The molecule has 1 aromatic carbocycles. The quantitative estimate of drug-likeness (QED) is 0.733. The average molecular weight is 231 g/mol. The van der Waals surface area contributed by atoms with Gasteiger partial charge in [-0.1, -0.05) is 23.8 Å². The molecule has 0 unspecified atom stereocenters. The SMILES string of the molecule is Cc1ccc(/C=C/S(=O)(=O)Cl)c(C)c1. The van der Waals surface area contributed by atoms with Gasteiger partial charge in [0, 0.05) is 16.1 Å². The molecule has 0 radical (unpaired) electrons. The first kappa shape index (κ1) is 11.3. The maximum atomic E-state index is 10.7. The zero-order valence-electron chi connectivity index (χ0n) is 7.99. The predicted molar refractivity (Wildman–Crippen MR) is 59.7 cm³/mol. The van der Waals surface area contributed by atoms with Crippen LogP contribution in [0.25, 0.3) is 6.08 Å². The van der Waals surface area contributed by atoms with Gasteiger partial charge in [0.25, 0.3) is 9.05 Å². The van der Waals surface area contributed by atoms with Gasteiger partial charge in [-0.2, -0.15) is 0 Å². The van der Waals surface area contributed by atoms with E-state index in [4.69, 9.17) is 10.7 Å². The molecule has 0 atom stereocenters. The van der Waals surface area contributed by atoms with E-state index in [0.717, 1.165) is 22.1 Å². The first-order valence-corrected chi connectivity index (χ1v) is 6.46. The Morgan fingerprint density at radius 2 is 1.93 bits per heavy atom. The molecular formula is C10H11ClO2S. The molecule has 0 saturated heterocycles. The van der Waals surface area contributed by atoms with Gasteiger partial charge >= 0.3 is 0 Å². The zero-order valence-corrected chi connectivity index (χ0v) is 9.56. The topological polar surface area (TPSA) is 34.1 Å². The van der Waals surface area contributed by atoms with Crippen LogP contribution < -0.4 is 0 Å². The summed E-state index contributed by atoms with van der Waals surface area (Å²) in [5.74, 6) is 0. The summed E-state index contributed by atoms with van der Waals surface area (Å²) in [4.78, 5) is 0. The first-order valence-electron chi connectivity index (χ1n) is 4.08. The highest BCUT2D eigenvalue weighted by Crippen LogP contribution is 2.13. The maximum Gasteiger partial charge on any atom is 0.254 e. The number of hydrogen-bond acceptors (Lipinski definition) is 2. The molecule has 4 heteroatoms. The van der Waals surface area contributed by atoms with Crippen LogP contribution in [-0.2, 0) is 9.05 Å². The van der Waals surface area contributed by atoms with Crippen molar-refractivity contribution in [2.24, 2.45) is 0 Å². The van der Waals surface area contributed by atoms with Gasteiger partial charge in [-0.05, 0) is 31.1 Å². The van der Waals surface area contributed by atoms with E-state index in [-0.39, 0.29) is 0 Å². The van der Waals surface area contributed by atoms with Gasteiger partial charge in [0.1, 0.15) is 0 Å². The second-order valence-corrected chi connectivity index (χ2v) is 5.65. The lowest BCUT2D eigenvalue weighted by Crippen LogP contribution is -1.84. The van der Waals surface area contributed by atoms with E-state index in [1.54, 1.807) is 0 Å². The van der Waals surface area contributed by atoms with Crippen LogP contribution in [0.1, 0.15) is 16.7 Å². The summed E-state index contributed by atoms with van der Waals surface area (Å²) in [6, 6.07) is 5.78. The summed E-state index contributed by atoms with van der Waals surface area (Å²) < 4.78 is 21.3. The van der Waals surface area contributed by atoms with E-state index in [0.29, 0.717) is 0 Å². The molecule has 0 spiro atoms. The molecule has 0 amide bonds. The molecular weight excluding hydrogens is 220 g/mol. The van der Waals surface area contributed by atoms with Crippen LogP contribution in [-0.4, -0.2) is 8.42 Å². The Labute approximate surface area is 88.6 Å². The zero-order chi connectivity index (χ0) is 10.8. The highest BCUT2D eigenvalue weighted by molar-refractivity contribution is 8.16. The van der Waals surface area contributed by atoms with Crippen LogP contribution in [0, 0.1) is 13.8 Å². The van der Waals surface area contributed by atoms with Gasteiger partial charge in [0.15, 0.2) is 0 Å². The molecule has 14 heavy (non-hydrogen) atoms. The molecule has 1 rings (SSSR count). The monoisotopic (exact) mass is 230 g/mol. The van der Waals surface area contributed by atoms with Crippen molar-refractivity contribution in [2.75, 3.05) is 0 Å². The van der Waals surface area contributed by atoms with E-state index in [1.165, 1.54) is 6.08 Å². The lowest BCUT2D eigenvalue weighted by atomic mass is 10.1. The Kier molecular flexibility index (Phi) is 3.34. The van der Waals surface area contributed by atoms with Crippen LogP contribution >= 0.6 is 10.7 Å². The number of halogens is 1. The number of rotatable bonds is 2. The normalized spacial score (nSPS) is 12.2. The van der Waals surface area contributed by atoms with Crippen LogP contribution in [0.3, 0.4) is 0 Å². The van der Waals surface area contributed by atoms with Crippen molar-refractivity contribution in [3.63, 3.8) is 0 Å². The summed E-state index contributed by atoms with van der Waals surface area (Å²) in [6.45, 7) is 3.91. The van der Waals surface area contributed by atoms with Crippen LogP contribution in [0.4, 0.5) is 0 Å². The highest BCUT2D eigenvalue weighted by atomic mass is 35.7. The van der Waals surface area contributed by atoms with Crippen molar-refractivity contribution in [1.29, 1.82) is 0 Å². The number of hydrogen-bond donors (Lipinski definition) is 0. The maximum absolute atomic E-state index is 10.7. The second kappa shape index (κ2) is 4.15. The van der Waals surface area contributed by atoms with Gasteiger partial charge in [-0.15, -0.1) is 0 Å². The van der Waals surface area contributed by atoms with E-state index in [1.807, 2.05) is 32.0 Å². The molecule has 0 aromatic heterocycles. The lowest BCUT2D eigenvalue weighted by molar-refractivity contribution is 0.617. The van der Waals surface area contributed by atoms with Gasteiger partial charge < -0.3 is 0 Å². The number of aryl methyl sites for hydroxylation is 2. The summed E-state index contributed by atoms with van der Waals surface area (Å²) >= 11 is 0. The first-order chi connectivity index (χ1) is 6.38. The van der Waals surface area contributed by atoms with Gasteiger partial charge in [-0.3, -0.25) is 0 Å². The molecule has 76 valence electrons. The molecule has 0 aliphatic carbocycles. The highest BCUT2D eigenvalue weighted by Gasteiger charge is 1.98. The minimum Gasteiger partial charge on any atom is -0.208 e. The molecule has 0 bridgehead atoms. The van der Waals surface area contributed by atoms with Crippen molar-refractivity contribution in [1.82, 2.24) is 0 Å². The van der Waals surface area contributed by atoms with E-state index in [2.05, 4.69) is 0 Å². The van der Waals surface area contributed by atoms with Gasteiger partial charge in [0.05, 0.1) is 0 Å². The van der Waals surface area contributed by atoms with Crippen molar-refractivity contribution < 1.29 is 8.42 Å². The van der Waals surface area contributed by atoms with Gasteiger partial charge in [-0.25, -0.2) is 8.42 Å². The minimum atomic E-state index is -3.56. The molecule has 0 aliphatic heterocycles. The van der Waals surface area contributed by atoms with Crippen molar-refractivity contribution in [2.45, 2.75) is 13.8 Å². The molecule has 0 N–H and O–H groups in total. The lowest BCUT2D eigenvalue weighted by Gasteiger charge is -2.00. The number of benzene rings is 1. The summed E-state index contributed by atoms with van der Waals surface area (Å²) in [6.07, 6.45) is 1.50. The van der Waals surface area contributed by atoms with Crippen LogP contribution in [0.15, 0.2) is 23.6 Å². The fourth-order valence-electron chi connectivity index (χ4n) is 1.17. The fourth-order valence-corrected chi connectivity index (χ4v) is 1.63. The van der Waals surface area contributed by atoms with E-state index < -0.39 is 9.05 Å². The predicted octanol–water partition coefficient (Wildman–Crippen LogP) is 2.84. The van der Waals surface area contributed by atoms with E-state index in [9.17, 15) is 8.42 Å². The fraction of sp³-hybridized carbons (Fsp3) is 0.200. The minimum absolute atomic E-state index is 0.861. The third kappa shape index (κ3) is 3.52. The largest absolute Gasteiger partial charge is 0.254 e. The Bertz CT molecular complexity index is 461. The molecule has 0 heterocycles. The second-order valence-electron chi connectivity index (χ2n) is 3.14. The Balaban J connectivity index is 3.05. The molecule has 0 fully saturated rings. The van der Waals surface area contributed by atoms with Gasteiger partial charge in [0.2, 0.25) is 0 Å². The smallest absolute Gasteiger partial charge is 0.208 e. The van der Waals surface area contributed by atoms with Crippen LogP contribution in [0.5, 0.6) is 0 Å². The Morgan fingerprint density at radius 1 is 1.29 bits per heavy atom. The van der Waals surface area contributed by atoms with Crippen molar-refractivity contribution in [3.8, 4) is 0 Å². The standard InChI is InChI=1S/C10H11ClO2S/c1-8-3-4-10(9(2)7-8)5-6-14(11,12)13/h3-7H,1-2H3/b6-5+.